The molecule has 396 valence electrons. The number of allylic oxidation sites excluding steroid dienone is 4. The molecule has 0 saturated carbocycles. The van der Waals surface area contributed by atoms with E-state index in [1.54, 1.807) is 33.4 Å². The van der Waals surface area contributed by atoms with Gasteiger partial charge in [-0.05, 0) is 395 Å². The van der Waals surface area contributed by atoms with Crippen LogP contribution in [-0.2, 0) is 0 Å². The first-order chi connectivity index (χ1) is 34.1. The highest BCUT2D eigenvalue weighted by molar-refractivity contribution is 5.97. The molecule has 2 aliphatic rings. The monoisotopic (exact) mass is 989 g/mol. The summed E-state index contributed by atoms with van der Waals surface area (Å²) < 4.78 is 0. The van der Waals surface area contributed by atoms with E-state index < -0.39 is 0 Å². The maximum atomic E-state index is 2.46. The fourth-order valence-corrected chi connectivity index (χ4v) is 14.7. The van der Waals surface area contributed by atoms with Crippen molar-refractivity contribution >= 4 is 10.8 Å². The Morgan fingerprint density at radius 3 is 0.514 bits per heavy atom. The zero-order chi connectivity index (χ0) is 56.2. The maximum Gasteiger partial charge on any atom is 0.00346 e. The van der Waals surface area contributed by atoms with Crippen LogP contribution >= 0.6 is 0 Å². The van der Waals surface area contributed by atoms with Crippen LogP contribution in [0.5, 0.6) is 0 Å². The number of hydrogen-bond donors (Lipinski definition) is 0. The number of fused-ring (bicyclic) bond motifs is 2. The first kappa shape index (κ1) is 58.3. The maximum absolute atomic E-state index is 2.46. The Morgan fingerprint density at radius 2 is 0.311 bits per heavy atom. The summed E-state index contributed by atoms with van der Waals surface area (Å²) in [6.45, 7) is 74.1. The highest BCUT2D eigenvalue weighted by Gasteiger charge is 2.40. The Labute approximate surface area is 454 Å². The van der Waals surface area contributed by atoms with Gasteiger partial charge in [-0.25, -0.2) is 0 Å². The number of hydrogen-bond acceptors (Lipinski definition) is 0. The van der Waals surface area contributed by atoms with Crippen LogP contribution in [-0.4, -0.2) is 0 Å². The molecule has 0 heteroatoms. The molecule has 0 bridgehead atoms. The molecular formula is C74H100. The summed E-state index contributed by atoms with van der Waals surface area (Å²) >= 11 is 0. The summed E-state index contributed by atoms with van der Waals surface area (Å²) in [6.07, 6.45) is 0. The number of benzene rings is 6. The fourth-order valence-electron chi connectivity index (χ4n) is 14.7. The van der Waals surface area contributed by atoms with Crippen molar-refractivity contribution in [3.8, 4) is 22.3 Å². The van der Waals surface area contributed by atoms with Gasteiger partial charge in [0.1, 0.15) is 0 Å². The highest BCUT2D eigenvalue weighted by Crippen LogP contribution is 2.56. The van der Waals surface area contributed by atoms with E-state index in [1.165, 1.54) is 178 Å². The third-order valence-corrected chi connectivity index (χ3v) is 22.0. The second-order valence-electron chi connectivity index (χ2n) is 24.5. The molecule has 0 fully saturated rings. The SMILES string of the molecule is CC1=C(C)C(C)C2=C(C1C)C(C)c1c(C)c(C)c(C)c(C)c1C2C.Cc1c(C)c(C)c(-c2c(C)c(C)c(-c3c(C)c(C)c(C)c(C)c3C)c(C)c2C)c(C)c1C.Cc1c(C)c(C)c2c(C)c(C)c(C)c(C)c2c1C. The van der Waals surface area contributed by atoms with Crippen LogP contribution in [0.2, 0.25) is 0 Å². The summed E-state index contributed by atoms with van der Waals surface area (Å²) in [6, 6.07) is 0. The third-order valence-electron chi connectivity index (χ3n) is 22.0. The van der Waals surface area contributed by atoms with Crippen LogP contribution in [0, 0.1) is 192 Å². The summed E-state index contributed by atoms with van der Waals surface area (Å²) in [5, 5.41) is 2.97. The predicted octanol–water partition coefficient (Wildman–Crippen LogP) is 21.7. The van der Waals surface area contributed by atoms with Gasteiger partial charge in [-0.1, -0.05) is 50.0 Å². The lowest BCUT2D eigenvalue weighted by Gasteiger charge is -2.45. The minimum atomic E-state index is 0.546. The van der Waals surface area contributed by atoms with E-state index in [1.807, 2.05) is 0 Å². The van der Waals surface area contributed by atoms with E-state index in [2.05, 4.69) is 222 Å². The average Bonchev–Trinajstić information content (AvgIpc) is 3.37. The van der Waals surface area contributed by atoms with E-state index in [0.29, 0.717) is 23.7 Å². The summed E-state index contributed by atoms with van der Waals surface area (Å²) in [5.74, 6) is 2.26. The molecule has 0 aromatic heterocycles. The van der Waals surface area contributed by atoms with Crippen molar-refractivity contribution in [3.63, 3.8) is 0 Å². The Kier molecular flexibility index (Phi) is 16.5. The molecule has 0 heterocycles. The highest BCUT2D eigenvalue weighted by atomic mass is 14.4. The van der Waals surface area contributed by atoms with Crippen LogP contribution < -0.4 is 0 Å². The van der Waals surface area contributed by atoms with E-state index in [-0.39, 0.29) is 0 Å². The van der Waals surface area contributed by atoms with E-state index in [4.69, 9.17) is 0 Å². The normalized spacial score (nSPS) is 17.4. The predicted molar refractivity (Wildman–Crippen MR) is 331 cm³/mol. The van der Waals surface area contributed by atoms with Gasteiger partial charge in [-0.2, -0.15) is 0 Å². The molecule has 0 aliphatic heterocycles. The molecule has 2 aliphatic carbocycles. The van der Waals surface area contributed by atoms with Gasteiger partial charge < -0.3 is 0 Å². The van der Waals surface area contributed by atoms with Gasteiger partial charge in [0.2, 0.25) is 0 Å². The lowest BCUT2D eigenvalue weighted by atomic mass is 9.60. The average molecular weight is 990 g/mol. The Hall–Kier alpha value is -4.94. The van der Waals surface area contributed by atoms with Gasteiger partial charge in [-0.3, -0.25) is 0 Å². The number of aryl methyl sites for hydroxylation is 4. The molecular weight excluding hydrogens is 889 g/mol. The van der Waals surface area contributed by atoms with Crippen LogP contribution in [0.4, 0.5) is 0 Å². The Bertz CT molecular complexity index is 3060. The van der Waals surface area contributed by atoms with Crippen molar-refractivity contribution in [2.45, 2.75) is 233 Å². The van der Waals surface area contributed by atoms with Crippen LogP contribution in [0.3, 0.4) is 0 Å². The van der Waals surface area contributed by atoms with Crippen molar-refractivity contribution in [1.29, 1.82) is 0 Å². The first-order valence-corrected chi connectivity index (χ1v) is 28.4. The second-order valence-corrected chi connectivity index (χ2v) is 24.5. The first-order valence-electron chi connectivity index (χ1n) is 28.4. The molecule has 4 unspecified atom stereocenters. The third kappa shape index (κ3) is 8.73. The van der Waals surface area contributed by atoms with Crippen molar-refractivity contribution < 1.29 is 0 Å². The van der Waals surface area contributed by atoms with Crippen LogP contribution in [0.25, 0.3) is 33.0 Å². The molecule has 0 nitrogen and oxygen atoms in total. The van der Waals surface area contributed by atoms with Gasteiger partial charge in [0, 0.05) is 11.8 Å². The summed E-state index contributed by atoms with van der Waals surface area (Å²) in [5.41, 5.74) is 53.3. The van der Waals surface area contributed by atoms with Gasteiger partial charge in [0.05, 0.1) is 0 Å². The Balaban J connectivity index is 0.000000188. The zero-order valence-corrected chi connectivity index (χ0v) is 53.3. The van der Waals surface area contributed by atoms with Gasteiger partial charge >= 0.3 is 0 Å². The molecule has 0 N–H and O–H groups in total. The minimum Gasteiger partial charge on any atom is -0.0669 e. The topological polar surface area (TPSA) is 0 Å². The summed E-state index contributed by atoms with van der Waals surface area (Å²) in [7, 11) is 0. The molecule has 74 heavy (non-hydrogen) atoms. The lowest BCUT2D eigenvalue weighted by Crippen LogP contribution is -2.30. The van der Waals surface area contributed by atoms with Crippen molar-refractivity contribution in [2.24, 2.45) is 11.8 Å². The quantitative estimate of drug-likeness (QED) is 0.152. The van der Waals surface area contributed by atoms with E-state index >= 15 is 0 Å². The molecule has 6 aromatic rings. The summed E-state index contributed by atoms with van der Waals surface area (Å²) in [4.78, 5) is 0. The fraction of sp³-hybridized carbons (Fsp3) is 0.486. The van der Waals surface area contributed by atoms with Gasteiger partial charge in [0.15, 0.2) is 0 Å². The van der Waals surface area contributed by atoms with Crippen LogP contribution in [0.15, 0.2) is 22.3 Å². The van der Waals surface area contributed by atoms with Crippen molar-refractivity contribution in [3.05, 3.63) is 178 Å². The largest absolute Gasteiger partial charge is 0.0669 e. The molecule has 6 aromatic carbocycles. The van der Waals surface area contributed by atoms with E-state index in [9.17, 15) is 0 Å². The second kappa shape index (κ2) is 20.9. The minimum absolute atomic E-state index is 0.546. The number of rotatable bonds is 2. The standard InChI is InChI=1S/C32H42.C24H34.C18H24/c1-15-17(3)21(7)29(22(8)18(15)4)31-25(11)27(13)32(28(14)26(31)12)30-23(9)19(5)16(2)20(6)24(30)10;1-11-12(2)16(6)22-20(10)24-18(8)14(4)13(3)17(7)23(24)19(9)21(22)15(11)5;1-9-10(2)14(6)18-16(8)12(4)11(3)15(7)17(18)13(9)5/h1-14H3;15-16,19-20H,1-10H3;1-8H3. The molecule has 4 atom stereocenters. The molecule has 0 spiro atoms. The van der Waals surface area contributed by atoms with E-state index in [0.717, 1.165) is 0 Å². The smallest absolute Gasteiger partial charge is 0.00346 e. The lowest BCUT2D eigenvalue weighted by molar-refractivity contribution is 0.546. The zero-order valence-electron chi connectivity index (χ0n) is 53.3. The van der Waals surface area contributed by atoms with Gasteiger partial charge in [0.25, 0.3) is 0 Å². The van der Waals surface area contributed by atoms with Crippen molar-refractivity contribution in [2.75, 3.05) is 0 Å². The molecule has 0 radical (unpaired) electrons. The molecule has 0 saturated heterocycles. The molecule has 8 rings (SSSR count). The molecule has 0 amide bonds. The Morgan fingerprint density at radius 1 is 0.162 bits per heavy atom. The van der Waals surface area contributed by atoms with Crippen molar-refractivity contribution in [1.82, 2.24) is 0 Å². The van der Waals surface area contributed by atoms with Gasteiger partial charge in [-0.15, -0.1) is 0 Å². The van der Waals surface area contributed by atoms with Crippen LogP contribution in [0.1, 0.15) is 209 Å².